The lowest BCUT2D eigenvalue weighted by molar-refractivity contribution is -0.142. The van der Waals surface area contributed by atoms with Crippen LogP contribution in [0.5, 0.6) is 0 Å². The molecule has 0 bridgehead atoms. The molecule has 5 heteroatoms. The number of benzene rings is 1. The van der Waals surface area contributed by atoms with Gasteiger partial charge in [-0.25, -0.2) is 4.98 Å². The van der Waals surface area contributed by atoms with Crippen molar-refractivity contribution in [1.82, 2.24) is 4.98 Å². The summed E-state index contributed by atoms with van der Waals surface area (Å²) < 4.78 is 5.17. The number of carbonyl (C=O) groups is 1. The molecule has 0 aliphatic heterocycles. The van der Waals surface area contributed by atoms with Crippen molar-refractivity contribution in [3.8, 4) is 0 Å². The molecule has 0 radical (unpaired) electrons. The van der Waals surface area contributed by atoms with E-state index < -0.39 is 17.9 Å². The van der Waals surface area contributed by atoms with E-state index in [-0.39, 0.29) is 0 Å². The number of carboxylic acids is 1. The first-order valence-corrected chi connectivity index (χ1v) is 5.45. The zero-order valence-electron chi connectivity index (χ0n) is 9.46. The third-order valence-electron chi connectivity index (χ3n) is 2.93. The molecule has 2 atom stereocenters. The minimum atomic E-state index is -0.877. The highest BCUT2D eigenvalue weighted by atomic mass is 16.4. The number of hydrogen-bond donors (Lipinski definition) is 2. The van der Waals surface area contributed by atoms with Gasteiger partial charge in [0.25, 0.3) is 0 Å². The van der Waals surface area contributed by atoms with Crippen LogP contribution in [-0.2, 0) is 4.79 Å². The summed E-state index contributed by atoms with van der Waals surface area (Å²) >= 11 is 0. The van der Waals surface area contributed by atoms with E-state index in [4.69, 9.17) is 15.3 Å². The van der Waals surface area contributed by atoms with Crippen LogP contribution >= 0.6 is 0 Å². The van der Waals surface area contributed by atoms with Crippen molar-refractivity contribution in [1.29, 1.82) is 0 Å². The zero-order chi connectivity index (χ0) is 12.4. The molecule has 17 heavy (non-hydrogen) atoms. The van der Waals surface area contributed by atoms with Gasteiger partial charge in [0.05, 0.1) is 5.92 Å². The van der Waals surface area contributed by atoms with Gasteiger partial charge >= 0.3 is 5.97 Å². The number of nitrogens with zero attached hydrogens (tertiary/aromatic N) is 1. The van der Waals surface area contributed by atoms with Gasteiger partial charge in [0.2, 0.25) is 0 Å². The maximum absolute atomic E-state index is 11.0. The Morgan fingerprint density at radius 3 is 3.00 bits per heavy atom. The Balaban J connectivity index is 2.34. The molecule has 0 saturated heterocycles. The van der Waals surface area contributed by atoms with E-state index in [1.165, 1.54) is 6.39 Å². The molecule has 5 nitrogen and oxygen atoms in total. The first-order valence-electron chi connectivity index (χ1n) is 5.45. The molecule has 0 spiro atoms. The number of aromatic nitrogens is 1. The summed E-state index contributed by atoms with van der Waals surface area (Å²) in [5, 5.41) is 9.06. The van der Waals surface area contributed by atoms with Crippen molar-refractivity contribution in [2.75, 3.05) is 0 Å². The summed E-state index contributed by atoms with van der Waals surface area (Å²) in [4.78, 5) is 15.0. The Labute approximate surface area is 98.2 Å². The summed E-state index contributed by atoms with van der Waals surface area (Å²) in [6, 6.07) is 4.79. The fraction of sp³-hybridized carbons (Fsp3) is 0.333. The van der Waals surface area contributed by atoms with E-state index in [1.807, 2.05) is 6.92 Å². The largest absolute Gasteiger partial charge is 0.481 e. The van der Waals surface area contributed by atoms with Crippen molar-refractivity contribution in [2.45, 2.75) is 19.4 Å². The molecular formula is C12H14N2O3. The van der Waals surface area contributed by atoms with Gasteiger partial charge in [-0.3, -0.25) is 4.79 Å². The molecule has 2 aromatic rings. The molecule has 3 N–H and O–H groups in total. The maximum atomic E-state index is 11.0. The third-order valence-corrected chi connectivity index (χ3v) is 2.93. The van der Waals surface area contributed by atoms with Gasteiger partial charge in [-0.15, -0.1) is 0 Å². The average molecular weight is 234 g/mol. The predicted molar refractivity (Wildman–Crippen MR) is 62.4 cm³/mol. The number of aliphatic carboxylic acids is 1. The summed E-state index contributed by atoms with van der Waals surface area (Å²) in [6.07, 6.45) is 1.85. The molecule has 0 fully saturated rings. The fourth-order valence-electron chi connectivity index (χ4n) is 1.89. The molecule has 1 aromatic heterocycles. The summed E-state index contributed by atoms with van der Waals surface area (Å²) in [7, 11) is 0. The Kier molecular flexibility index (Phi) is 3.10. The highest BCUT2D eigenvalue weighted by Crippen LogP contribution is 2.25. The number of nitrogens with two attached hydrogens (primary N) is 1. The van der Waals surface area contributed by atoms with Crippen molar-refractivity contribution in [3.05, 3.63) is 30.2 Å². The van der Waals surface area contributed by atoms with E-state index in [2.05, 4.69) is 4.98 Å². The third kappa shape index (κ3) is 2.14. The smallest absolute Gasteiger partial charge is 0.308 e. The SMILES string of the molecule is CCC(C(=O)O)C(N)c1ccc2ncoc2c1. The Hall–Kier alpha value is -1.88. The normalized spacial score (nSPS) is 14.7. The topological polar surface area (TPSA) is 89.3 Å². The minimum absolute atomic E-state index is 0.491. The van der Waals surface area contributed by atoms with E-state index in [1.54, 1.807) is 18.2 Å². The first-order chi connectivity index (χ1) is 8.13. The molecule has 0 saturated carbocycles. The number of hydrogen-bond acceptors (Lipinski definition) is 4. The lowest BCUT2D eigenvalue weighted by atomic mass is 9.91. The second-order valence-corrected chi connectivity index (χ2v) is 3.96. The van der Waals surface area contributed by atoms with Crippen molar-refractivity contribution in [2.24, 2.45) is 11.7 Å². The quantitative estimate of drug-likeness (QED) is 0.843. The van der Waals surface area contributed by atoms with E-state index >= 15 is 0 Å². The number of carboxylic acid groups (broad SMARTS) is 1. The van der Waals surface area contributed by atoms with Gasteiger partial charge in [0.1, 0.15) is 5.52 Å². The van der Waals surface area contributed by atoms with Crippen molar-refractivity contribution in [3.63, 3.8) is 0 Å². The molecule has 0 aliphatic rings. The van der Waals surface area contributed by atoms with Gasteiger partial charge in [-0.2, -0.15) is 0 Å². The van der Waals surface area contributed by atoms with Crippen LogP contribution in [0.4, 0.5) is 0 Å². The monoisotopic (exact) mass is 234 g/mol. The van der Waals surface area contributed by atoms with Crippen LogP contribution in [-0.4, -0.2) is 16.1 Å². The highest BCUT2D eigenvalue weighted by Gasteiger charge is 2.24. The predicted octanol–water partition coefficient (Wildman–Crippen LogP) is 1.94. The first kappa shape index (κ1) is 11.6. The van der Waals surface area contributed by atoms with E-state index in [0.717, 1.165) is 11.1 Å². The second-order valence-electron chi connectivity index (χ2n) is 3.96. The number of oxazole rings is 1. The van der Waals surface area contributed by atoms with Gasteiger partial charge in [-0.05, 0) is 24.1 Å². The number of rotatable bonds is 4. The van der Waals surface area contributed by atoms with Crippen LogP contribution in [0.25, 0.3) is 11.1 Å². The fourth-order valence-corrected chi connectivity index (χ4v) is 1.89. The second kappa shape index (κ2) is 4.55. The van der Waals surface area contributed by atoms with Gasteiger partial charge in [-0.1, -0.05) is 13.0 Å². The lowest BCUT2D eigenvalue weighted by Gasteiger charge is -2.18. The van der Waals surface area contributed by atoms with E-state index in [9.17, 15) is 4.79 Å². The average Bonchev–Trinajstić information content (AvgIpc) is 2.75. The molecule has 1 aromatic carbocycles. The molecule has 1 heterocycles. The molecule has 0 amide bonds. The zero-order valence-corrected chi connectivity index (χ0v) is 9.46. The van der Waals surface area contributed by atoms with Crippen LogP contribution < -0.4 is 5.73 Å². The lowest BCUT2D eigenvalue weighted by Crippen LogP contribution is -2.27. The Morgan fingerprint density at radius 2 is 2.35 bits per heavy atom. The minimum Gasteiger partial charge on any atom is -0.481 e. The number of fused-ring (bicyclic) bond motifs is 1. The summed E-state index contributed by atoms with van der Waals surface area (Å²) in [5.41, 5.74) is 8.08. The standard InChI is InChI=1S/C12H14N2O3/c1-2-8(12(15)16)11(13)7-3-4-9-10(5-7)17-6-14-9/h3-6,8,11H,2,13H2,1H3,(H,15,16). The Morgan fingerprint density at radius 1 is 1.59 bits per heavy atom. The highest BCUT2D eigenvalue weighted by molar-refractivity contribution is 5.74. The summed E-state index contributed by atoms with van der Waals surface area (Å²) in [6.45, 7) is 1.81. The Bertz CT molecular complexity index is 535. The van der Waals surface area contributed by atoms with Crippen LogP contribution in [0, 0.1) is 5.92 Å². The van der Waals surface area contributed by atoms with Crippen molar-refractivity contribution < 1.29 is 14.3 Å². The molecule has 90 valence electrons. The van der Waals surface area contributed by atoms with Crippen LogP contribution in [0.15, 0.2) is 29.0 Å². The molecular weight excluding hydrogens is 220 g/mol. The van der Waals surface area contributed by atoms with E-state index in [0.29, 0.717) is 12.0 Å². The van der Waals surface area contributed by atoms with Crippen molar-refractivity contribution >= 4 is 17.1 Å². The van der Waals surface area contributed by atoms with Gasteiger partial charge in [0, 0.05) is 6.04 Å². The molecule has 0 aliphatic carbocycles. The molecule has 2 unspecified atom stereocenters. The molecule has 2 rings (SSSR count). The van der Waals surface area contributed by atoms with Crippen LogP contribution in [0.1, 0.15) is 24.9 Å². The van der Waals surface area contributed by atoms with Gasteiger partial charge in [0.15, 0.2) is 12.0 Å². The summed E-state index contributed by atoms with van der Waals surface area (Å²) in [5.74, 6) is -1.46. The van der Waals surface area contributed by atoms with Crippen LogP contribution in [0.3, 0.4) is 0 Å². The van der Waals surface area contributed by atoms with Crippen LogP contribution in [0.2, 0.25) is 0 Å². The maximum Gasteiger partial charge on any atom is 0.308 e. The van der Waals surface area contributed by atoms with Gasteiger partial charge < -0.3 is 15.3 Å².